The molecule has 1 N–H and O–H groups in total. The fourth-order valence-corrected chi connectivity index (χ4v) is 1.27. The van der Waals surface area contributed by atoms with Crippen LogP contribution in [0.2, 0.25) is 0 Å². The normalized spacial score (nSPS) is 11.8. The zero-order valence-electron chi connectivity index (χ0n) is 8.90. The monoisotopic (exact) mass is 206 g/mol. The lowest BCUT2D eigenvalue weighted by Gasteiger charge is -2.20. The first-order valence-electron chi connectivity index (χ1n) is 4.87. The number of carbonyl (C=O) groups excluding carboxylic acids is 1. The molecule has 0 spiro atoms. The summed E-state index contributed by atoms with van der Waals surface area (Å²) in [6.45, 7) is 4.72. The summed E-state index contributed by atoms with van der Waals surface area (Å²) >= 11 is 0. The maximum absolute atomic E-state index is 11.8. The Balaban J connectivity index is 2.68. The molecule has 0 aromatic carbocycles. The molecular formula is C10H14N4O. The van der Waals surface area contributed by atoms with E-state index in [1.165, 1.54) is 6.20 Å². The molecule has 0 bridgehead atoms. The molecule has 5 heteroatoms. The van der Waals surface area contributed by atoms with E-state index in [1.54, 1.807) is 17.9 Å². The Morgan fingerprint density at radius 2 is 2.53 bits per heavy atom. The first-order valence-corrected chi connectivity index (χ1v) is 4.87. The first kappa shape index (κ1) is 11.2. The number of hydrogen-bond acceptors (Lipinski definition) is 3. The summed E-state index contributed by atoms with van der Waals surface area (Å²) in [5, 5.41) is 15.0. The maximum atomic E-state index is 11.8. The zero-order valence-corrected chi connectivity index (χ0v) is 8.90. The van der Waals surface area contributed by atoms with Crippen molar-refractivity contribution in [2.75, 3.05) is 13.1 Å². The molecule has 0 radical (unpaired) electrons. The number of H-pyrrole nitrogens is 1. The van der Waals surface area contributed by atoms with E-state index in [4.69, 9.17) is 5.26 Å². The summed E-state index contributed by atoms with van der Waals surface area (Å²) in [6, 6.07) is 3.74. The minimum atomic E-state index is -0.156. The van der Waals surface area contributed by atoms with Gasteiger partial charge in [0.05, 0.1) is 12.0 Å². The standard InChI is InChI=1S/C10H14N4O/c1-3-14(7-8(2)6-11)10(15)9-4-5-12-13-9/h4-5,8H,3,7H2,1-2H3,(H,12,13). The number of aromatic amines is 1. The second-order valence-corrected chi connectivity index (χ2v) is 3.34. The summed E-state index contributed by atoms with van der Waals surface area (Å²) in [6.07, 6.45) is 1.54. The van der Waals surface area contributed by atoms with Crippen molar-refractivity contribution in [1.29, 1.82) is 5.26 Å². The molecule has 5 nitrogen and oxygen atoms in total. The van der Waals surface area contributed by atoms with Crippen LogP contribution in [0.25, 0.3) is 0 Å². The van der Waals surface area contributed by atoms with Crippen molar-refractivity contribution in [3.63, 3.8) is 0 Å². The van der Waals surface area contributed by atoms with Crippen LogP contribution in [0.5, 0.6) is 0 Å². The van der Waals surface area contributed by atoms with Crippen LogP contribution in [-0.2, 0) is 0 Å². The van der Waals surface area contributed by atoms with Crippen LogP contribution in [-0.4, -0.2) is 34.1 Å². The third kappa shape index (κ3) is 2.81. The van der Waals surface area contributed by atoms with Gasteiger partial charge in [-0.25, -0.2) is 0 Å². The molecule has 1 atom stereocenters. The second-order valence-electron chi connectivity index (χ2n) is 3.34. The molecule has 0 aliphatic carbocycles. The molecule has 0 fully saturated rings. The van der Waals surface area contributed by atoms with Gasteiger partial charge >= 0.3 is 0 Å². The van der Waals surface area contributed by atoms with E-state index in [1.807, 2.05) is 6.92 Å². The molecular weight excluding hydrogens is 192 g/mol. The quantitative estimate of drug-likeness (QED) is 0.799. The van der Waals surface area contributed by atoms with Crippen molar-refractivity contribution in [1.82, 2.24) is 15.1 Å². The fourth-order valence-electron chi connectivity index (χ4n) is 1.27. The van der Waals surface area contributed by atoms with Gasteiger partial charge in [-0.2, -0.15) is 10.4 Å². The van der Waals surface area contributed by atoms with Crippen molar-refractivity contribution >= 4 is 5.91 Å². The summed E-state index contributed by atoms with van der Waals surface area (Å²) in [4.78, 5) is 13.5. The van der Waals surface area contributed by atoms with Gasteiger partial charge in [0.15, 0.2) is 0 Å². The minimum Gasteiger partial charge on any atom is -0.336 e. The van der Waals surface area contributed by atoms with Crippen molar-refractivity contribution in [2.45, 2.75) is 13.8 Å². The van der Waals surface area contributed by atoms with Gasteiger partial charge in [0.1, 0.15) is 5.69 Å². The van der Waals surface area contributed by atoms with E-state index in [0.29, 0.717) is 18.8 Å². The number of carbonyl (C=O) groups is 1. The third-order valence-electron chi connectivity index (χ3n) is 2.11. The molecule has 0 aliphatic heterocycles. The van der Waals surface area contributed by atoms with E-state index in [2.05, 4.69) is 16.3 Å². The van der Waals surface area contributed by atoms with Crippen molar-refractivity contribution < 1.29 is 4.79 Å². The van der Waals surface area contributed by atoms with Crippen molar-refractivity contribution in [3.05, 3.63) is 18.0 Å². The van der Waals surface area contributed by atoms with Crippen molar-refractivity contribution in [2.24, 2.45) is 5.92 Å². The third-order valence-corrected chi connectivity index (χ3v) is 2.11. The molecule has 0 saturated carbocycles. The van der Waals surface area contributed by atoms with Gasteiger partial charge in [-0.1, -0.05) is 0 Å². The summed E-state index contributed by atoms with van der Waals surface area (Å²) in [5.74, 6) is -0.270. The summed E-state index contributed by atoms with van der Waals surface area (Å²) in [7, 11) is 0. The smallest absolute Gasteiger partial charge is 0.271 e. The van der Waals surface area contributed by atoms with Crippen LogP contribution in [0, 0.1) is 17.2 Å². The van der Waals surface area contributed by atoms with Crippen LogP contribution in [0.1, 0.15) is 24.3 Å². The highest BCUT2D eigenvalue weighted by Gasteiger charge is 2.17. The Kier molecular flexibility index (Phi) is 3.86. The van der Waals surface area contributed by atoms with Gasteiger partial charge in [-0.3, -0.25) is 9.89 Å². The van der Waals surface area contributed by atoms with Crippen LogP contribution in [0.15, 0.2) is 12.3 Å². The average molecular weight is 206 g/mol. The number of nitrogens with one attached hydrogen (secondary N) is 1. The van der Waals surface area contributed by atoms with Crippen LogP contribution < -0.4 is 0 Å². The highest BCUT2D eigenvalue weighted by molar-refractivity contribution is 5.92. The van der Waals surface area contributed by atoms with Crippen LogP contribution in [0.4, 0.5) is 0 Å². The predicted molar refractivity (Wildman–Crippen MR) is 54.9 cm³/mol. The Labute approximate surface area is 88.7 Å². The average Bonchev–Trinajstić information content (AvgIpc) is 2.77. The predicted octanol–water partition coefficient (Wildman–Crippen LogP) is 1.03. The molecule has 1 aromatic rings. The lowest BCUT2D eigenvalue weighted by molar-refractivity contribution is 0.0747. The Hall–Kier alpha value is -1.83. The molecule has 1 aromatic heterocycles. The molecule has 80 valence electrons. The largest absolute Gasteiger partial charge is 0.336 e. The second kappa shape index (κ2) is 5.15. The van der Waals surface area contributed by atoms with E-state index < -0.39 is 0 Å². The first-order chi connectivity index (χ1) is 7.19. The van der Waals surface area contributed by atoms with E-state index >= 15 is 0 Å². The Morgan fingerprint density at radius 3 is 3.00 bits per heavy atom. The number of rotatable bonds is 4. The highest BCUT2D eigenvalue weighted by atomic mass is 16.2. The Bertz CT molecular complexity index is 352. The zero-order chi connectivity index (χ0) is 11.3. The number of nitrogens with zero attached hydrogens (tertiary/aromatic N) is 3. The molecule has 0 aliphatic rings. The van der Waals surface area contributed by atoms with Gasteiger partial charge in [-0.15, -0.1) is 0 Å². The molecule has 1 rings (SSSR count). The molecule has 0 saturated heterocycles. The van der Waals surface area contributed by atoms with Gasteiger partial charge in [0, 0.05) is 19.3 Å². The molecule has 1 unspecified atom stereocenters. The number of amides is 1. The minimum absolute atomic E-state index is 0.114. The van der Waals surface area contributed by atoms with Crippen LogP contribution >= 0.6 is 0 Å². The van der Waals surface area contributed by atoms with E-state index in [9.17, 15) is 4.79 Å². The fraction of sp³-hybridized carbons (Fsp3) is 0.500. The number of nitriles is 1. The van der Waals surface area contributed by atoms with Gasteiger partial charge in [-0.05, 0) is 19.9 Å². The highest BCUT2D eigenvalue weighted by Crippen LogP contribution is 2.04. The number of hydrogen-bond donors (Lipinski definition) is 1. The van der Waals surface area contributed by atoms with Crippen LogP contribution in [0.3, 0.4) is 0 Å². The SMILES string of the molecule is CCN(CC(C)C#N)C(=O)c1ccn[nH]1. The Morgan fingerprint density at radius 1 is 1.80 bits per heavy atom. The number of aromatic nitrogens is 2. The maximum Gasteiger partial charge on any atom is 0.271 e. The van der Waals surface area contributed by atoms with Gasteiger partial charge < -0.3 is 4.90 Å². The van der Waals surface area contributed by atoms with E-state index in [-0.39, 0.29) is 11.8 Å². The van der Waals surface area contributed by atoms with Gasteiger partial charge in [0.2, 0.25) is 0 Å². The summed E-state index contributed by atoms with van der Waals surface area (Å²) in [5.41, 5.74) is 0.460. The van der Waals surface area contributed by atoms with Gasteiger partial charge in [0.25, 0.3) is 5.91 Å². The molecule has 15 heavy (non-hydrogen) atoms. The lowest BCUT2D eigenvalue weighted by atomic mass is 10.2. The molecule has 1 amide bonds. The van der Waals surface area contributed by atoms with Crippen molar-refractivity contribution in [3.8, 4) is 6.07 Å². The van der Waals surface area contributed by atoms with E-state index in [0.717, 1.165) is 0 Å². The topological polar surface area (TPSA) is 72.8 Å². The molecule has 1 heterocycles. The lowest BCUT2D eigenvalue weighted by Crippen LogP contribution is -2.34. The summed E-state index contributed by atoms with van der Waals surface area (Å²) < 4.78 is 0.